The first kappa shape index (κ1) is 61.8. The Morgan fingerprint density at radius 2 is 0.667 bits per heavy atom. The zero-order valence-electron chi connectivity index (χ0n) is 42.3. The fourth-order valence-electron chi connectivity index (χ4n) is 8.95. The second-order valence-electron chi connectivity index (χ2n) is 19.6. The molecule has 0 aliphatic heterocycles. The van der Waals surface area contributed by atoms with Crippen LogP contribution in [0.25, 0.3) is 0 Å². The van der Waals surface area contributed by atoms with Gasteiger partial charge in [-0.2, -0.15) is 0 Å². The molecule has 0 aliphatic carbocycles. The SMILES string of the molecule is CCCCCCCCCCCCCC/C=C/CC/C=C/CCCC(O)C(O)C(CO)NC(=O)C(O)CCCCCCCCCCCCCCCCCCCCCCCCCCCC. The number of unbranched alkanes of at least 4 members (excludes halogenated alkanes) is 39. The molecule has 0 aromatic carbocycles. The second kappa shape index (κ2) is 51.8. The zero-order valence-corrected chi connectivity index (χ0v) is 42.3. The van der Waals surface area contributed by atoms with E-state index in [1.165, 1.54) is 231 Å². The third kappa shape index (κ3) is 45.7. The lowest BCUT2D eigenvalue weighted by molar-refractivity contribution is -0.132. The predicted molar refractivity (Wildman–Crippen MR) is 274 cm³/mol. The average Bonchev–Trinajstić information content (AvgIpc) is 3.29. The highest BCUT2D eigenvalue weighted by molar-refractivity contribution is 5.80. The van der Waals surface area contributed by atoms with Crippen molar-refractivity contribution in [2.45, 2.75) is 327 Å². The number of carbonyl (C=O) groups is 1. The lowest BCUT2D eigenvalue weighted by Crippen LogP contribution is -2.53. The number of rotatable bonds is 52. The van der Waals surface area contributed by atoms with Crippen molar-refractivity contribution in [3.8, 4) is 0 Å². The van der Waals surface area contributed by atoms with Crippen molar-refractivity contribution >= 4 is 5.91 Å². The molecule has 0 bridgehead atoms. The molecule has 4 atom stereocenters. The van der Waals surface area contributed by atoms with Crippen molar-refractivity contribution < 1.29 is 25.2 Å². The van der Waals surface area contributed by atoms with Gasteiger partial charge in [-0.1, -0.05) is 276 Å². The van der Waals surface area contributed by atoms with Crippen LogP contribution in [0.15, 0.2) is 24.3 Å². The molecule has 0 saturated heterocycles. The lowest BCUT2D eigenvalue weighted by atomic mass is 10.00. The smallest absolute Gasteiger partial charge is 0.249 e. The Balaban J connectivity index is 3.65. The Hall–Kier alpha value is -1.21. The monoisotopic (exact) mass is 890 g/mol. The fraction of sp³-hybridized carbons (Fsp3) is 0.912. The van der Waals surface area contributed by atoms with Gasteiger partial charge in [0.1, 0.15) is 12.2 Å². The number of hydrogen-bond acceptors (Lipinski definition) is 5. The lowest BCUT2D eigenvalue weighted by Gasteiger charge is -2.27. The molecule has 6 heteroatoms. The summed E-state index contributed by atoms with van der Waals surface area (Å²) in [6.07, 6.45) is 62.5. The zero-order chi connectivity index (χ0) is 45.9. The molecule has 0 heterocycles. The van der Waals surface area contributed by atoms with Gasteiger partial charge in [0.25, 0.3) is 0 Å². The highest BCUT2D eigenvalue weighted by Crippen LogP contribution is 2.18. The van der Waals surface area contributed by atoms with E-state index >= 15 is 0 Å². The summed E-state index contributed by atoms with van der Waals surface area (Å²) < 4.78 is 0. The maximum atomic E-state index is 12.6. The molecule has 4 unspecified atom stereocenters. The molecule has 0 radical (unpaired) electrons. The molecule has 6 nitrogen and oxygen atoms in total. The van der Waals surface area contributed by atoms with Gasteiger partial charge in [0.05, 0.1) is 18.8 Å². The summed E-state index contributed by atoms with van der Waals surface area (Å²) >= 11 is 0. The quantitative estimate of drug-likeness (QED) is 0.0309. The van der Waals surface area contributed by atoms with Crippen LogP contribution in [-0.2, 0) is 4.79 Å². The van der Waals surface area contributed by atoms with E-state index in [2.05, 4.69) is 43.5 Å². The van der Waals surface area contributed by atoms with Gasteiger partial charge in [0.2, 0.25) is 5.91 Å². The molecule has 374 valence electrons. The summed E-state index contributed by atoms with van der Waals surface area (Å²) in [6, 6.07) is -1.01. The maximum absolute atomic E-state index is 12.6. The van der Waals surface area contributed by atoms with Gasteiger partial charge in [-0.25, -0.2) is 0 Å². The number of hydrogen-bond donors (Lipinski definition) is 5. The first-order valence-corrected chi connectivity index (χ1v) is 28.2. The standard InChI is InChI=1S/C57H111NO5/c1-3-5-7-9-11-13-15-17-19-21-23-25-26-27-28-29-31-33-35-37-39-41-43-45-47-49-51-55(61)57(63)58-53(52-59)56(62)54(60)50-48-46-44-42-40-38-36-34-32-30-24-22-20-18-16-14-12-10-8-6-4-2/h34,36,42,44,53-56,59-62H,3-33,35,37-41,43,45-52H2,1-2H3,(H,58,63)/b36-34+,44-42+. The predicted octanol–water partition coefficient (Wildman–Crippen LogP) is 16.3. The molecule has 0 rings (SSSR count). The van der Waals surface area contributed by atoms with Gasteiger partial charge in [0.15, 0.2) is 0 Å². The molecule has 0 spiro atoms. The van der Waals surface area contributed by atoms with Crippen molar-refractivity contribution in [3.05, 3.63) is 24.3 Å². The molecule has 0 fully saturated rings. The largest absolute Gasteiger partial charge is 0.394 e. The summed E-state index contributed by atoms with van der Waals surface area (Å²) in [7, 11) is 0. The second-order valence-corrected chi connectivity index (χ2v) is 19.6. The van der Waals surface area contributed by atoms with Gasteiger partial charge in [-0.05, 0) is 51.4 Å². The van der Waals surface area contributed by atoms with E-state index in [0.717, 1.165) is 38.5 Å². The Bertz CT molecular complexity index is 955. The van der Waals surface area contributed by atoms with Crippen molar-refractivity contribution in [2.75, 3.05) is 6.61 Å². The van der Waals surface area contributed by atoms with Crippen LogP contribution in [-0.4, -0.2) is 57.3 Å². The van der Waals surface area contributed by atoms with Gasteiger partial charge < -0.3 is 25.7 Å². The molecule has 0 aromatic rings. The minimum atomic E-state index is -1.29. The van der Waals surface area contributed by atoms with E-state index in [1.807, 2.05) is 0 Å². The molecule has 1 amide bonds. The highest BCUT2D eigenvalue weighted by atomic mass is 16.3. The van der Waals surface area contributed by atoms with Crippen LogP contribution < -0.4 is 5.32 Å². The van der Waals surface area contributed by atoms with Crippen molar-refractivity contribution in [1.82, 2.24) is 5.32 Å². The molecule has 0 aromatic heterocycles. The number of amides is 1. The van der Waals surface area contributed by atoms with Crippen LogP contribution in [0.2, 0.25) is 0 Å². The van der Waals surface area contributed by atoms with E-state index in [-0.39, 0.29) is 0 Å². The Morgan fingerprint density at radius 3 is 1.00 bits per heavy atom. The molecule has 0 saturated carbocycles. The van der Waals surface area contributed by atoms with E-state index in [1.54, 1.807) is 0 Å². The van der Waals surface area contributed by atoms with Gasteiger partial charge >= 0.3 is 0 Å². The summed E-state index contributed by atoms with van der Waals surface area (Å²) in [5, 5.41) is 43.9. The van der Waals surface area contributed by atoms with Crippen LogP contribution in [0.5, 0.6) is 0 Å². The molecular weight excluding hydrogens is 779 g/mol. The van der Waals surface area contributed by atoms with Crippen LogP contribution in [0, 0.1) is 0 Å². The van der Waals surface area contributed by atoms with Crippen LogP contribution >= 0.6 is 0 Å². The first-order valence-electron chi connectivity index (χ1n) is 28.2. The normalized spacial score (nSPS) is 13.9. The number of carbonyl (C=O) groups excluding carboxylic acids is 1. The number of allylic oxidation sites excluding steroid dienone is 4. The van der Waals surface area contributed by atoms with Crippen LogP contribution in [0.3, 0.4) is 0 Å². The van der Waals surface area contributed by atoms with E-state index in [9.17, 15) is 25.2 Å². The molecule has 5 N–H and O–H groups in total. The Morgan fingerprint density at radius 1 is 0.381 bits per heavy atom. The van der Waals surface area contributed by atoms with Crippen LogP contribution in [0.1, 0.15) is 303 Å². The van der Waals surface area contributed by atoms with E-state index < -0.39 is 36.9 Å². The third-order valence-corrected chi connectivity index (χ3v) is 13.4. The fourth-order valence-corrected chi connectivity index (χ4v) is 8.95. The Labute approximate surface area is 393 Å². The minimum absolute atomic E-state index is 0.365. The highest BCUT2D eigenvalue weighted by Gasteiger charge is 2.28. The van der Waals surface area contributed by atoms with Crippen molar-refractivity contribution in [2.24, 2.45) is 0 Å². The topological polar surface area (TPSA) is 110 Å². The first-order chi connectivity index (χ1) is 31.0. The van der Waals surface area contributed by atoms with Crippen LogP contribution in [0.4, 0.5) is 0 Å². The summed E-state index contributed by atoms with van der Waals surface area (Å²) in [5.41, 5.74) is 0. The van der Waals surface area contributed by atoms with E-state index in [4.69, 9.17) is 0 Å². The third-order valence-electron chi connectivity index (χ3n) is 13.4. The summed E-state index contributed by atoms with van der Waals surface area (Å²) in [5.74, 6) is -0.592. The van der Waals surface area contributed by atoms with Gasteiger partial charge in [-0.3, -0.25) is 4.79 Å². The van der Waals surface area contributed by atoms with Gasteiger partial charge in [0, 0.05) is 0 Å². The summed E-state index contributed by atoms with van der Waals surface area (Å²) in [4.78, 5) is 12.6. The van der Waals surface area contributed by atoms with Crippen molar-refractivity contribution in [3.63, 3.8) is 0 Å². The molecule has 0 aliphatic rings. The number of nitrogens with one attached hydrogen (secondary N) is 1. The molecule has 63 heavy (non-hydrogen) atoms. The maximum Gasteiger partial charge on any atom is 0.249 e. The average molecular weight is 891 g/mol. The van der Waals surface area contributed by atoms with E-state index in [0.29, 0.717) is 19.3 Å². The Kier molecular flexibility index (Phi) is 50.8. The van der Waals surface area contributed by atoms with Crippen molar-refractivity contribution in [1.29, 1.82) is 0 Å². The minimum Gasteiger partial charge on any atom is -0.394 e. The number of aliphatic hydroxyl groups is 4. The molecular formula is C57H111NO5. The number of aliphatic hydroxyl groups excluding tert-OH is 4. The van der Waals surface area contributed by atoms with Gasteiger partial charge in [-0.15, -0.1) is 0 Å². The summed E-state index contributed by atoms with van der Waals surface area (Å²) in [6.45, 7) is 4.07.